The largest absolute Gasteiger partial charge is 0.507 e. The van der Waals surface area contributed by atoms with Gasteiger partial charge in [-0.3, -0.25) is 0 Å². The van der Waals surface area contributed by atoms with Crippen molar-refractivity contribution in [2.45, 2.75) is 13.0 Å². The van der Waals surface area contributed by atoms with Crippen LogP contribution in [0.15, 0.2) is 60.2 Å². The highest BCUT2D eigenvalue weighted by molar-refractivity contribution is 5.94. The first kappa shape index (κ1) is 22.5. The van der Waals surface area contributed by atoms with Gasteiger partial charge in [0.15, 0.2) is 0 Å². The van der Waals surface area contributed by atoms with Crippen molar-refractivity contribution in [1.29, 1.82) is 0 Å². The van der Waals surface area contributed by atoms with Crippen molar-refractivity contribution >= 4 is 16.6 Å². The number of aromatic hydroxyl groups is 1. The van der Waals surface area contributed by atoms with Gasteiger partial charge in [-0.25, -0.2) is 14.4 Å². The lowest BCUT2D eigenvalue weighted by atomic mass is 9.98. The van der Waals surface area contributed by atoms with Crippen LogP contribution >= 0.6 is 0 Å². The molecule has 2 aromatic carbocycles. The third-order valence-electron chi connectivity index (χ3n) is 5.64. The molecule has 1 fully saturated rings. The van der Waals surface area contributed by atoms with Crippen molar-refractivity contribution in [1.82, 2.24) is 9.97 Å². The normalized spacial score (nSPS) is 16.3. The van der Waals surface area contributed by atoms with Gasteiger partial charge in [-0.1, -0.05) is 0 Å². The van der Waals surface area contributed by atoms with E-state index in [0.717, 1.165) is 24.8 Å². The molecule has 33 heavy (non-hydrogen) atoms. The van der Waals surface area contributed by atoms with Gasteiger partial charge in [0.05, 0.1) is 24.4 Å². The molecule has 1 aliphatic rings. The number of aliphatic hydroxyl groups is 1. The summed E-state index contributed by atoms with van der Waals surface area (Å²) in [5, 5.41) is 21.6. The van der Waals surface area contributed by atoms with Crippen LogP contribution < -0.4 is 16.4 Å². The maximum absolute atomic E-state index is 14.9. The lowest BCUT2D eigenvalue weighted by molar-refractivity contribution is 0.122. The average Bonchev–Trinajstić information content (AvgIpc) is 2.83. The Morgan fingerprint density at radius 1 is 1.21 bits per heavy atom. The second-order valence-corrected chi connectivity index (χ2v) is 7.87. The first-order valence-electron chi connectivity index (χ1n) is 10.5. The summed E-state index contributed by atoms with van der Waals surface area (Å²) >= 11 is 0. The minimum Gasteiger partial charge on any atom is -0.507 e. The summed E-state index contributed by atoms with van der Waals surface area (Å²) in [5.74, 6) is -1.09. The number of anilines is 1. The van der Waals surface area contributed by atoms with Crippen LogP contribution in [0.25, 0.3) is 22.2 Å². The smallest absolute Gasteiger partial charge is 0.136 e. The van der Waals surface area contributed by atoms with Crippen LogP contribution in [0.2, 0.25) is 0 Å². The first-order chi connectivity index (χ1) is 15.9. The molecule has 0 bridgehead atoms. The summed E-state index contributed by atoms with van der Waals surface area (Å²) < 4.78 is 20.4. The molecule has 9 heteroatoms. The van der Waals surface area contributed by atoms with E-state index >= 15 is 0 Å². The first-order valence-corrected chi connectivity index (χ1v) is 10.5. The Kier molecular flexibility index (Phi) is 6.43. The summed E-state index contributed by atoms with van der Waals surface area (Å²) in [4.78, 5) is 10.9. The second-order valence-electron chi connectivity index (χ2n) is 7.87. The number of benzene rings is 2. The maximum atomic E-state index is 14.9. The zero-order valence-electron chi connectivity index (χ0n) is 18.2. The third-order valence-corrected chi connectivity index (χ3v) is 5.64. The fraction of sp³-hybridized carbons (Fsp3) is 0.250. The van der Waals surface area contributed by atoms with Crippen molar-refractivity contribution in [3.05, 3.63) is 71.6 Å². The monoisotopic (exact) mass is 451 g/mol. The molecular formula is C24H26FN5O3. The summed E-state index contributed by atoms with van der Waals surface area (Å²) in [6, 6.07) is 8.03. The fourth-order valence-electron chi connectivity index (χ4n) is 3.83. The standard InChI is InChI=1S/C24H26FN5O3/c1-14(12-26)8-20(27)24(32)18-10-17(19(25)11-22(18)31)23-16-3-2-15(9-21(16)28-13-29-23)30-4-6-33-7-5-30/h2-3,8-13,24,31-32H,4-7,26-27H2,1H3/b14-12-,20-8-. The van der Waals surface area contributed by atoms with E-state index in [1.54, 1.807) is 6.92 Å². The van der Waals surface area contributed by atoms with Gasteiger partial charge < -0.3 is 31.3 Å². The number of allylic oxidation sites excluding steroid dienone is 2. The number of phenolic OH excluding ortho intramolecular Hbond substituents is 1. The zero-order valence-corrected chi connectivity index (χ0v) is 18.2. The van der Waals surface area contributed by atoms with Gasteiger partial charge >= 0.3 is 0 Å². The number of fused-ring (bicyclic) bond motifs is 1. The fourth-order valence-corrected chi connectivity index (χ4v) is 3.83. The van der Waals surface area contributed by atoms with Crippen molar-refractivity contribution in [2.75, 3.05) is 31.2 Å². The van der Waals surface area contributed by atoms with E-state index in [-0.39, 0.29) is 16.8 Å². The molecule has 0 radical (unpaired) electrons. The number of phenols is 1. The van der Waals surface area contributed by atoms with Gasteiger partial charge in [0.2, 0.25) is 0 Å². The Morgan fingerprint density at radius 3 is 2.70 bits per heavy atom. The minimum atomic E-state index is -1.36. The summed E-state index contributed by atoms with van der Waals surface area (Å²) in [6.07, 6.45) is 2.83. The molecule has 1 aromatic heterocycles. The Labute approximate surface area is 190 Å². The molecule has 1 atom stereocenters. The topological polar surface area (TPSA) is 131 Å². The van der Waals surface area contributed by atoms with Crippen LogP contribution in [-0.2, 0) is 4.74 Å². The van der Waals surface area contributed by atoms with Gasteiger partial charge in [0.1, 0.15) is 24.0 Å². The quantitative estimate of drug-likeness (QED) is 0.436. The number of nitrogens with zero attached hydrogens (tertiary/aromatic N) is 3. The van der Waals surface area contributed by atoms with E-state index in [0.29, 0.717) is 35.4 Å². The van der Waals surface area contributed by atoms with Gasteiger partial charge in [-0.2, -0.15) is 0 Å². The number of morpholine rings is 1. The highest BCUT2D eigenvalue weighted by Gasteiger charge is 2.21. The number of ether oxygens (including phenoxy) is 1. The predicted molar refractivity (Wildman–Crippen MR) is 125 cm³/mol. The van der Waals surface area contributed by atoms with E-state index in [4.69, 9.17) is 16.2 Å². The van der Waals surface area contributed by atoms with Gasteiger partial charge in [0, 0.05) is 47.1 Å². The number of rotatable bonds is 5. The number of nitrogens with two attached hydrogens (primary N) is 2. The summed E-state index contributed by atoms with van der Waals surface area (Å²) in [5.41, 5.74) is 14.3. The van der Waals surface area contributed by atoms with E-state index < -0.39 is 17.7 Å². The molecule has 2 heterocycles. The van der Waals surface area contributed by atoms with Crippen LogP contribution in [0.3, 0.4) is 0 Å². The van der Waals surface area contributed by atoms with E-state index in [2.05, 4.69) is 14.9 Å². The van der Waals surface area contributed by atoms with E-state index in [1.807, 2.05) is 18.2 Å². The number of aliphatic hydroxyl groups excluding tert-OH is 1. The third kappa shape index (κ3) is 4.59. The average molecular weight is 452 g/mol. The molecule has 0 spiro atoms. The van der Waals surface area contributed by atoms with E-state index in [9.17, 15) is 14.6 Å². The molecule has 3 aromatic rings. The second kappa shape index (κ2) is 9.43. The Bertz CT molecular complexity index is 1240. The molecule has 0 amide bonds. The Hall–Kier alpha value is -3.69. The highest BCUT2D eigenvalue weighted by atomic mass is 19.1. The molecule has 4 rings (SSSR count). The van der Waals surface area contributed by atoms with Crippen molar-refractivity contribution in [3.63, 3.8) is 0 Å². The molecule has 172 valence electrons. The molecule has 1 saturated heterocycles. The van der Waals surface area contributed by atoms with Gasteiger partial charge in [-0.05, 0) is 49.0 Å². The minimum absolute atomic E-state index is 0.0571. The molecule has 0 aliphatic carbocycles. The van der Waals surface area contributed by atoms with E-state index in [1.165, 1.54) is 24.7 Å². The van der Waals surface area contributed by atoms with Gasteiger partial charge in [-0.15, -0.1) is 0 Å². The number of halogens is 1. The Balaban J connectivity index is 1.77. The van der Waals surface area contributed by atoms with Crippen LogP contribution in [0.1, 0.15) is 18.6 Å². The van der Waals surface area contributed by atoms with Crippen molar-refractivity contribution in [2.24, 2.45) is 11.5 Å². The number of hydrogen-bond donors (Lipinski definition) is 4. The molecule has 6 N–H and O–H groups in total. The number of hydrogen-bond acceptors (Lipinski definition) is 8. The van der Waals surface area contributed by atoms with Crippen LogP contribution in [0, 0.1) is 5.82 Å². The molecular weight excluding hydrogens is 425 g/mol. The zero-order chi connectivity index (χ0) is 23.5. The number of aromatic nitrogens is 2. The molecule has 1 unspecified atom stereocenters. The van der Waals surface area contributed by atoms with Crippen LogP contribution in [0.4, 0.5) is 10.1 Å². The van der Waals surface area contributed by atoms with Crippen LogP contribution in [0.5, 0.6) is 5.75 Å². The van der Waals surface area contributed by atoms with Crippen LogP contribution in [-0.4, -0.2) is 46.5 Å². The SMILES string of the molecule is CC(=C/N)/C=C(\N)C(O)c1cc(-c2ncnc3cc(N4CCOCC4)ccc23)c(F)cc1O. The van der Waals surface area contributed by atoms with Gasteiger partial charge in [0.25, 0.3) is 0 Å². The Morgan fingerprint density at radius 2 is 1.97 bits per heavy atom. The lowest BCUT2D eigenvalue weighted by Crippen LogP contribution is -2.36. The molecule has 8 nitrogen and oxygen atoms in total. The summed E-state index contributed by atoms with van der Waals surface area (Å²) in [7, 11) is 0. The molecule has 0 saturated carbocycles. The highest BCUT2D eigenvalue weighted by Crippen LogP contribution is 2.36. The molecule has 1 aliphatic heterocycles. The maximum Gasteiger partial charge on any atom is 0.136 e. The lowest BCUT2D eigenvalue weighted by Gasteiger charge is -2.29. The van der Waals surface area contributed by atoms with Crippen molar-refractivity contribution < 1.29 is 19.3 Å². The summed E-state index contributed by atoms with van der Waals surface area (Å²) in [6.45, 7) is 4.61. The van der Waals surface area contributed by atoms with Crippen molar-refractivity contribution in [3.8, 4) is 17.0 Å². The predicted octanol–water partition coefficient (Wildman–Crippen LogP) is 2.72.